The van der Waals surface area contributed by atoms with Crippen molar-refractivity contribution in [3.05, 3.63) is 11.7 Å². The highest BCUT2D eigenvalue weighted by atomic mass is 16.5. The molecule has 0 atom stereocenters. The molecule has 1 aliphatic rings. The minimum atomic E-state index is -0.509. The van der Waals surface area contributed by atoms with Crippen molar-refractivity contribution in [3.8, 4) is 0 Å². The van der Waals surface area contributed by atoms with Gasteiger partial charge in [0, 0.05) is 18.8 Å². The molecule has 0 spiro atoms. The van der Waals surface area contributed by atoms with Crippen LogP contribution in [0.2, 0.25) is 0 Å². The van der Waals surface area contributed by atoms with Crippen LogP contribution in [-0.4, -0.2) is 21.8 Å². The Morgan fingerprint density at radius 1 is 1.40 bits per heavy atom. The molecule has 0 saturated heterocycles. The third-order valence-electron chi connectivity index (χ3n) is 2.22. The zero-order chi connectivity index (χ0) is 10.8. The van der Waals surface area contributed by atoms with E-state index in [0.717, 1.165) is 12.8 Å². The van der Waals surface area contributed by atoms with E-state index in [0.29, 0.717) is 11.7 Å². The number of hydrogen-bond acceptors (Lipinski definition) is 5. The Balaban J connectivity index is 1.95. The molecule has 1 heterocycles. The first-order valence-corrected chi connectivity index (χ1v) is 4.82. The van der Waals surface area contributed by atoms with Crippen molar-refractivity contribution < 1.29 is 14.1 Å². The third-order valence-corrected chi connectivity index (χ3v) is 2.22. The van der Waals surface area contributed by atoms with Gasteiger partial charge in [0.05, 0.1) is 0 Å². The van der Waals surface area contributed by atoms with E-state index >= 15 is 0 Å². The molecule has 1 amide bonds. The maximum atomic E-state index is 11.4. The van der Waals surface area contributed by atoms with Crippen LogP contribution in [0.1, 0.15) is 48.1 Å². The van der Waals surface area contributed by atoms with Crippen molar-refractivity contribution in [2.45, 2.75) is 31.6 Å². The summed E-state index contributed by atoms with van der Waals surface area (Å²) in [5, 5.41) is 3.70. The van der Waals surface area contributed by atoms with Gasteiger partial charge in [-0.05, 0) is 12.8 Å². The quantitative estimate of drug-likeness (QED) is 0.707. The molecule has 2 rings (SSSR count). The average molecular weight is 209 g/mol. The molecule has 0 radical (unpaired) electrons. The molecule has 0 bridgehead atoms. The minimum Gasteiger partial charge on any atom is -0.370 e. The van der Waals surface area contributed by atoms with Gasteiger partial charge in [-0.3, -0.25) is 9.59 Å². The van der Waals surface area contributed by atoms with Crippen molar-refractivity contribution in [2.75, 3.05) is 0 Å². The second kappa shape index (κ2) is 3.80. The fourth-order valence-electron chi connectivity index (χ4n) is 1.20. The highest BCUT2D eigenvalue weighted by Crippen LogP contribution is 2.38. The zero-order valence-electron chi connectivity index (χ0n) is 8.10. The first kappa shape index (κ1) is 9.82. The number of ketones is 1. The van der Waals surface area contributed by atoms with Gasteiger partial charge in [-0.15, -0.1) is 0 Å². The molecule has 1 aromatic heterocycles. The molecule has 0 aliphatic heterocycles. The number of primary amides is 1. The van der Waals surface area contributed by atoms with Crippen LogP contribution in [0.3, 0.4) is 0 Å². The summed E-state index contributed by atoms with van der Waals surface area (Å²) in [7, 11) is 0. The van der Waals surface area contributed by atoms with Crippen molar-refractivity contribution >= 4 is 11.7 Å². The molecule has 1 fully saturated rings. The van der Waals surface area contributed by atoms with Gasteiger partial charge in [0.25, 0.3) is 5.89 Å². The van der Waals surface area contributed by atoms with Crippen LogP contribution >= 0.6 is 0 Å². The van der Waals surface area contributed by atoms with Gasteiger partial charge < -0.3 is 10.3 Å². The zero-order valence-corrected chi connectivity index (χ0v) is 8.10. The second-order valence-electron chi connectivity index (χ2n) is 3.62. The first-order chi connectivity index (χ1) is 7.16. The molecule has 1 saturated carbocycles. The lowest BCUT2D eigenvalue weighted by molar-refractivity contribution is -0.118. The number of carbonyl (C=O) groups excluding carboxylic acids is 2. The van der Waals surface area contributed by atoms with E-state index in [1.54, 1.807) is 0 Å². The van der Waals surface area contributed by atoms with Gasteiger partial charge in [-0.25, -0.2) is 0 Å². The van der Waals surface area contributed by atoms with Gasteiger partial charge in [0.2, 0.25) is 11.7 Å². The first-order valence-electron chi connectivity index (χ1n) is 4.82. The molecule has 6 heteroatoms. The molecule has 80 valence electrons. The number of carbonyl (C=O) groups is 2. The lowest BCUT2D eigenvalue weighted by atomic mass is 10.2. The molecule has 15 heavy (non-hydrogen) atoms. The average Bonchev–Trinajstić information content (AvgIpc) is 2.93. The van der Waals surface area contributed by atoms with Crippen LogP contribution in [0, 0.1) is 0 Å². The molecular formula is C9H11N3O3. The minimum absolute atomic E-state index is 0.0139. The summed E-state index contributed by atoms with van der Waals surface area (Å²) in [5.41, 5.74) is 4.92. The Morgan fingerprint density at radius 2 is 2.13 bits per heavy atom. The molecule has 1 aromatic rings. The molecule has 1 aliphatic carbocycles. The largest absolute Gasteiger partial charge is 0.370 e. The van der Waals surface area contributed by atoms with E-state index in [4.69, 9.17) is 10.3 Å². The normalized spacial score (nSPS) is 15.2. The highest BCUT2D eigenvalue weighted by Gasteiger charge is 2.29. The van der Waals surface area contributed by atoms with Gasteiger partial charge in [-0.1, -0.05) is 5.16 Å². The Kier molecular flexibility index (Phi) is 2.49. The van der Waals surface area contributed by atoms with Crippen LogP contribution in [-0.2, 0) is 4.79 Å². The van der Waals surface area contributed by atoms with Crippen LogP contribution < -0.4 is 5.73 Å². The van der Waals surface area contributed by atoms with Gasteiger partial charge in [-0.2, -0.15) is 4.98 Å². The van der Waals surface area contributed by atoms with E-state index in [1.807, 2.05) is 0 Å². The van der Waals surface area contributed by atoms with Gasteiger partial charge in [0.15, 0.2) is 5.82 Å². The van der Waals surface area contributed by atoms with Crippen LogP contribution in [0.15, 0.2) is 4.52 Å². The van der Waals surface area contributed by atoms with E-state index in [-0.39, 0.29) is 24.5 Å². The summed E-state index contributed by atoms with van der Waals surface area (Å²) >= 11 is 0. The van der Waals surface area contributed by atoms with E-state index in [1.165, 1.54) is 0 Å². The fraction of sp³-hybridized carbons (Fsp3) is 0.556. The Morgan fingerprint density at radius 3 is 2.73 bits per heavy atom. The lowest BCUT2D eigenvalue weighted by Crippen LogP contribution is -2.12. The summed E-state index contributed by atoms with van der Waals surface area (Å²) in [6.07, 6.45) is 2.14. The predicted molar refractivity (Wildman–Crippen MR) is 49.0 cm³/mol. The highest BCUT2D eigenvalue weighted by molar-refractivity contribution is 5.93. The molecular weight excluding hydrogens is 198 g/mol. The van der Waals surface area contributed by atoms with Crippen LogP contribution in [0.5, 0.6) is 0 Å². The SMILES string of the molecule is NC(=O)CCC(=O)c1nc(C2CC2)no1. The summed E-state index contributed by atoms with van der Waals surface area (Å²) in [4.78, 5) is 25.8. The van der Waals surface area contributed by atoms with E-state index in [9.17, 15) is 9.59 Å². The van der Waals surface area contributed by atoms with E-state index in [2.05, 4.69) is 10.1 Å². The number of nitrogens with zero attached hydrogens (tertiary/aromatic N) is 2. The number of nitrogens with two attached hydrogens (primary N) is 1. The van der Waals surface area contributed by atoms with Crippen molar-refractivity contribution in [3.63, 3.8) is 0 Å². The fourth-order valence-corrected chi connectivity index (χ4v) is 1.20. The van der Waals surface area contributed by atoms with Crippen LogP contribution in [0.4, 0.5) is 0 Å². The topological polar surface area (TPSA) is 99.1 Å². The summed E-state index contributed by atoms with van der Waals surface area (Å²) in [6.45, 7) is 0. The lowest BCUT2D eigenvalue weighted by Gasteiger charge is -1.91. The monoisotopic (exact) mass is 209 g/mol. The van der Waals surface area contributed by atoms with Gasteiger partial charge >= 0.3 is 0 Å². The molecule has 0 aromatic carbocycles. The number of rotatable bonds is 5. The number of aromatic nitrogens is 2. The van der Waals surface area contributed by atoms with Crippen LogP contribution in [0.25, 0.3) is 0 Å². The molecule has 2 N–H and O–H groups in total. The Labute approximate surface area is 85.8 Å². The maximum Gasteiger partial charge on any atom is 0.294 e. The number of Topliss-reactive ketones (excluding diaryl/α,β-unsaturated/α-hetero) is 1. The summed E-state index contributed by atoms with van der Waals surface area (Å²) < 4.78 is 4.80. The summed E-state index contributed by atoms with van der Waals surface area (Å²) in [6, 6.07) is 0. The third kappa shape index (κ3) is 2.39. The molecule has 0 unspecified atom stereocenters. The number of amides is 1. The Bertz CT molecular complexity index is 395. The Hall–Kier alpha value is -1.72. The number of hydrogen-bond donors (Lipinski definition) is 1. The summed E-state index contributed by atoms with van der Waals surface area (Å²) in [5.74, 6) is 0.0977. The van der Waals surface area contributed by atoms with Crippen molar-refractivity contribution in [2.24, 2.45) is 5.73 Å². The van der Waals surface area contributed by atoms with E-state index < -0.39 is 5.91 Å². The maximum absolute atomic E-state index is 11.4. The smallest absolute Gasteiger partial charge is 0.294 e. The van der Waals surface area contributed by atoms with Crippen molar-refractivity contribution in [1.82, 2.24) is 10.1 Å². The second-order valence-corrected chi connectivity index (χ2v) is 3.62. The van der Waals surface area contributed by atoms with Gasteiger partial charge in [0.1, 0.15) is 0 Å². The standard InChI is InChI=1S/C9H11N3O3/c10-7(14)4-3-6(13)9-11-8(12-15-9)5-1-2-5/h5H,1-4H2,(H2,10,14). The molecule has 6 nitrogen and oxygen atoms in total. The van der Waals surface area contributed by atoms with Crippen molar-refractivity contribution in [1.29, 1.82) is 0 Å². The predicted octanol–water partition coefficient (Wildman–Crippen LogP) is 0.395.